The Morgan fingerprint density at radius 3 is 2.33 bits per heavy atom. The first kappa shape index (κ1) is 10.7. The number of aliphatic hydroxyl groups is 1. The summed E-state index contributed by atoms with van der Waals surface area (Å²) in [5.41, 5.74) is 2.45. The molecule has 0 spiro atoms. The first-order chi connectivity index (χ1) is 7.16. The summed E-state index contributed by atoms with van der Waals surface area (Å²) in [6, 6.07) is 8.41. The summed E-state index contributed by atoms with van der Waals surface area (Å²) in [4.78, 5) is 0. The first-order valence-electron chi connectivity index (χ1n) is 5.49. The molecule has 0 bridgehead atoms. The summed E-state index contributed by atoms with van der Waals surface area (Å²) in [6.45, 7) is 1.81. The fourth-order valence-corrected chi connectivity index (χ4v) is 2.01. The van der Waals surface area contributed by atoms with Gasteiger partial charge in [-0.05, 0) is 37.3 Å². The van der Waals surface area contributed by atoms with E-state index >= 15 is 0 Å². The number of hydrogen-bond acceptors (Lipinski definition) is 2. The molecule has 1 saturated carbocycles. The van der Waals surface area contributed by atoms with E-state index in [9.17, 15) is 5.11 Å². The van der Waals surface area contributed by atoms with Gasteiger partial charge in [0, 0.05) is 7.11 Å². The quantitative estimate of drug-likeness (QED) is 0.818. The monoisotopic (exact) mass is 206 g/mol. The number of aliphatic hydroxyl groups excluding tert-OH is 1. The lowest BCUT2D eigenvalue weighted by atomic mass is 10.0. The van der Waals surface area contributed by atoms with E-state index in [0.29, 0.717) is 0 Å². The Morgan fingerprint density at radius 2 is 1.93 bits per heavy atom. The van der Waals surface area contributed by atoms with Crippen LogP contribution < -0.4 is 0 Å². The summed E-state index contributed by atoms with van der Waals surface area (Å²) in [5.74, 6) is 0. The Balaban J connectivity index is 2.10. The number of methoxy groups -OCH3 is 1. The topological polar surface area (TPSA) is 29.5 Å². The van der Waals surface area contributed by atoms with Crippen molar-refractivity contribution in [1.82, 2.24) is 0 Å². The Hall–Kier alpha value is -0.860. The van der Waals surface area contributed by atoms with Gasteiger partial charge < -0.3 is 9.84 Å². The average Bonchev–Trinajstić information content (AvgIpc) is 2.99. The molecule has 15 heavy (non-hydrogen) atoms. The lowest BCUT2D eigenvalue weighted by Gasteiger charge is -2.14. The van der Waals surface area contributed by atoms with Crippen molar-refractivity contribution < 1.29 is 9.84 Å². The molecule has 2 rings (SSSR count). The largest absolute Gasteiger partial charge is 0.393 e. The maximum atomic E-state index is 9.27. The zero-order valence-electron chi connectivity index (χ0n) is 9.36. The van der Waals surface area contributed by atoms with Crippen molar-refractivity contribution >= 4 is 0 Å². The highest BCUT2D eigenvalue weighted by atomic mass is 16.5. The predicted octanol–water partition coefficient (Wildman–Crippen LogP) is 2.25. The highest BCUT2D eigenvalue weighted by Crippen LogP contribution is 2.48. The predicted molar refractivity (Wildman–Crippen MR) is 59.7 cm³/mol. The fraction of sp³-hybridized carbons (Fsp3) is 0.538. The molecule has 0 heterocycles. The molecule has 1 aliphatic carbocycles. The standard InChI is InChI=1S/C13H18O2/c1-10(14)9-11-3-5-12(6-4-11)13(15-2)7-8-13/h3-6,10,14H,7-9H2,1-2H3. The van der Waals surface area contributed by atoms with E-state index in [-0.39, 0.29) is 11.7 Å². The Morgan fingerprint density at radius 1 is 1.33 bits per heavy atom. The molecule has 1 fully saturated rings. The van der Waals surface area contributed by atoms with E-state index in [1.807, 2.05) is 6.92 Å². The van der Waals surface area contributed by atoms with Crippen LogP contribution in [-0.2, 0) is 16.8 Å². The minimum Gasteiger partial charge on any atom is -0.393 e. The van der Waals surface area contributed by atoms with Crippen molar-refractivity contribution in [3.63, 3.8) is 0 Å². The zero-order valence-corrected chi connectivity index (χ0v) is 9.36. The van der Waals surface area contributed by atoms with Crippen LogP contribution in [0.25, 0.3) is 0 Å². The van der Waals surface area contributed by atoms with E-state index in [1.54, 1.807) is 7.11 Å². The van der Waals surface area contributed by atoms with Crippen LogP contribution in [0.3, 0.4) is 0 Å². The van der Waals surface area contributed by atoms with Crippen LogP contribution in [0.4, 0.5) is 0 Å². The Labute approximate surface area is 90.9 Å². The van der Waals surface area contributed by atoms with Gasteiger partial charge in [-0.15, -0.1) is 0 Å². The van der Waals surface area contributed by atoms with Gasteiger partial charge in [0.15, 0.2) is 0 Å². The maximum absolute atomic E-state index is 9.27. The summed E-state index contributed by atoms with van der Waals surface area (Å²) < 4.78 is 5.51. The van der Waals surface area contributed by atoms with Crippen LogP contribution in [-0.4, -0.2) is 18.3 Å². The number of benzene rings is 1. The molecular formula is C13H18O2. The van der Waals surface area contributed by atoms with Crippen molar-refractivity contribution in [2.45, 2.75) is 37.9 Å². The molecule has 0 radical (unpaired) electrons. The molecule has 1 unspecified atom stereocenters. The molecule has 1 aromatic carbocycles. The van der Waals surface area contributed by atoms with Crippen LogP contribution in [0.5, 0.6) is 0 Å². The van der Waals surface area contributed by atoms with E-state index in [1.165, 1.54) is 11.1 Å². The van der Waals surface area contributed by atoms with Gasteiger partial charge in [-0.25, -0.2) is 0 Å². The lowest BCUT2D eigenvalue weighted by molar-refractivity contribution is 0.0789. The minimum absolute atomic E-state index is 0.00333. The fourth-order valence-electron chi connectivity index (χ4n) is 2.01. The van der Waals surface area contributed by atoms with Gasteiger partial charge in [0.2, 0.25) is 0 Å². The van der Waals surface area contributed by atoms with Crippen LogP contribution in [0.15, 0.2) is 24.3 Å². The lowest BCUT2D eigenvalue weighted by Crippen LogP contribution is -2.09. The van der Waals surface area contributed by atoms with Crippen LogP contribution in [0, 0.1) is 0 Å². The SMILES string of the molecule is COC1(c2ccc(CC(C)O)cc2)CC1. The van der Waals surface area contributed by atoms with E-state index < -0.39 is 0 Å². The molecule has 0 aromatic heterocycles. The number of ether oxygens (including phenoxy) is 1. The third-order valence-corrected chi connectivity index (χ3v) is 3.11. The molecule has 0 aliphatic heterocycles. The number of rotatable bonds is 4. The van der Waals surface area contributed by atoms with Crippen molar-refractivity contribution in [2.75, 3.05) is 7.11 Å². The Bertz CT molecular complexity index is 323. The second-order valence-corrected chi connectivity index (χ2v) is 4.45. The molecular weight excluding hydrogens is 188 g/mol. The molecule has 2 nitrogen and oxygen atoms in total. The van der Waals surface area contributed by atoms with Gasteiger partial charge in [-0.3, -0.25) is 0 Å². The highest BCUT2D eigenvalue weighted by Gasteiger charge is 2.44. The molecule has 1 atom stereocenters. The van der Waals surface area contributed by atoms with Gasteiger partial charge in [0.25, 0.3) is 0 Å². The van der Waals surface area contributed by atoms with Gasteiger partial charge in [-0.2, -0.15) is 0 Å². The molecule has 0 amide bonds. The van der Waals surface area contributed by atoms with Gasteiger partial charge in [0.05, 0.1) is 11.7 Å². The minimum atomic E-state index is -0.270. The van der Waals surface area contributed by atoms with E-state index in [4.69, 9.17) is 4.74 Å². The van der Waals surface area contributed by atoms with Crippen LogP contribution in [0.1, 0.15) is 30.9 Å². The van der Waals surface area contributed by atoms with Crippen molar-refractivity contribution in [2.24, 2.45) is 0 Å². The normalized spacial score (nSPS) is 19.9. The average molecular weight is 206 g/mol. The Kier molecular flexibility index (Phi) is 2.81. The summed E-state index contributed by atoms with van der Waals surface area (Å²) in [7, 11) is 1.77. The molecule has 1 aromatic rings. The van der Waals surface area contributed by atoms with Crippen molar-refractivity contribution in [1.29, 1.82) is 0 Å². The van der Waals surface area contributed by atoms with Crippen molar-refractivity contribution in [3.8, 4) is 0 Å². The van der Waals surface area contributed by atoms with Gasteiger partial charge in [-0.1, -0.05) is 24.3 Å². The maximum Gasteiger partial charge on any atom is 0.0929 e. The smallest absolute Gasteiger partial charge is 0.0929 e. The number of hydrogen-bond donors (Lipinski definition) is 1. The van der Waals surface area contributed by atoms with Gasteiger partial charge >= 0.3 is 0 Å². The molecule has 1 aliphatic rings. The summed E-state index contributed by atoms with van der Waals surface area (Å²) in [5, 5.41) is 9.27. The molecule has 82 valence electrons. The second-order valence-electron chi connectivity index (χ2n) is 4.45. The van der Waals surface area contributed by atoms with E-state index in [0.717, 1.165) is 19.3 Å². The zero-order chi connectivity index (χ0) is 10.9. The van der Waals surface area contributed by atoms with Crippen LogP contribution >= 0.6 is 0 Å². The summed E-state index contributed by atoms with van der Waals surface area (Å²) in [6.07, 6.45) is 2.70. The van der Waals surface area contributed by atoms with Crippen LogP contribution in [0.2, 0.25) is 0 Å². The van der Waals surface area contributed by atoms with E-state index in [2.05, 4.69) is 24.3 Å². The third kappa shape index (κ3) is 2.21. The van der Waals surface area contributed by atoms with Crippen molar-refractivity contribution in [3.05, 3.63) is 35.4 Å². The summed E-state index contributed by atoms with van der Waals surface area (Å²) >= 11 is 0. The highest BCUT2D eigenvalue weighted by molar-refractivity contribution is 5.31. The third-order valence-electron chi connectivity index (χ3n) is 3.11. The second kappa shape index (κ2) is 3.95. The molecule has 2 heteroatoms. The molecule has 0 saturated heterocycles. The van der Waals surface area contributed by atoms with Gasteiger partial charge in [0.1, 0.15) is 0 Å². The first-order valence-corrected chi connectivity index (χ1v) is 5.49. The molecule has 1 N–H and O–H groups in total.